The van der Waals surface area contributed by atoms with Crippen molar-refractivity contribution in [1.29, 1.82) is 0 Å². The summed E-state index contributed by atoms with van der Waals surface area (Å²) in [6.07, 6.45) is 3.12. The standard InChI is InChI=1S/2C20H14N2O/c23-22-13-7-12-17-14-18(15-8-3-1-4-9-15)19(21-20(17)22)16-10-5-2-6-11-16;23-22-19(16-10-5-2-6-11-16)18(15-8-3-1-4-9-15)14-17-12-7-13-21-20(17)22/h2*1-14H. The average Bonchev–Trinajstić information content (AvgIpc) is 3.13. The molecular weight excluding hydrogens is 568 g/mol. The Morgan fingerprint density at radius 2 is 0.957 bits per heavy atom. The Labute approximate surface area is 266 Å². The summed E-state index contributed by atoms with van der Waals surface area (Å²) in [6.45, 7) is 0. The van der Waals surface area contributed by atoms with E-state index in [0.717, 1.165) is 59.3 Å². The molecule has 46 heavy (non-hydrogen) atoms. The molecule has 0 saturated carbocycles. The SMILES string of the molecule is [O-][n+]1c(-c2ccccc2)c(-c2ccccc2)cc2cccnc21.[O-][n+]1cccc2cc(-c3ccccc3)c(-c3ccccc3)nc21. The first kappa shape index (κ1) is 28.4. The molecule has 0 aliphatic rings. The summed E-state index contributed by atoms with van der Waals surface area (Å²) in [5, 5.41) is 26.7. The van der Waals surface area contributed by atoms with Crippen molar-refractivity contribution in [2.75, 3.05) is 0 Å². The van der Waals surface area contributed by atoms with Crippen LogP contribution in [-0.4, -0.2) is 9.97 Å². The highest BCUT2D eigenvalue weighted by molar-refractivity contribution is 5.89. The molecule has 4 aromatic heterocycles. The van der Waals surface area contributed by atoms with Crippen LogP contribution in [0.5, 0.6) is 0 Å². The van der Waals surface area contributed by atoms with E-state index < -0.39 is 0 Å². The maximum absolute atomic E-state index is 13.0. The van der Waals surface area contributed by atoms with Crippen LogP contribution in [0.3, 0.4) is 0 Å². The maximum Gasteiger partial charge on any atom is 0.333 e. The Balaban J connectivity index is 0.000000147. The fraction of sp³-hybridized carbons (Fsp3) is 0. The molecular formula is C40H28N4O2. The minimum atomic E-state index is 0.436. The molecule has 0 radical (unpaired) electrons. The minimum absolute atomic E-state index is 0.436. The van der Waals surface area contributed by atoms with Gasteiger partial charge in [0.1, 0.15) is 11.9 Å². The zero-order chi connectivity index (χ0) is 31.3. The zero-order valence-electron chi connectivity index (χ0n) is 24.8. The smallest absolute Gasteiger partial charge is 0.333 e. The second-order valence-electron chi connectivity index (χ2n) is 10.7. The Hall–Kier alpha value is -6.40. The van der Waals surface area contributed by atoms with Gasteiger partial charge in [-0.3, -0.25) is 0 Å². The van der Waals surface area contributed by atoms with E-state index in [1.54, 1.807) is 12.3 Å². The number of benzene rings is 4. The third-order valence-electron chi connectivity index (χ3n) is 7.77. The topological polar surface area (TPSA) is 79.7 Å². The molecule has 0 aliphatic heterocycles. The number of nitrogens with zero attached hydrogens (tertiary/aromatic N) is 4. The first-order valence-corrected chi connectivity index (χ1v) is 14.9. The van der Waals surface area contributed by atoms with E-state index in [-0.39, 0.29) is 0 Å². The lowest BCUT2D eigenvalue weighted by Gasteiger charge is -2.16. The highest BCUT2D eigenvalue weighted by Crippen LogP contribution is 2.33. The van der Waals surface area contributed by atoms with Gasteiger partial charge in [0.25, 0.3) is 0 Å². The van der Waals surface area contributed by atoms with Crippen LogP contribution in [0.15, 0.2) is 170 Å². The molecule has 0 amide bonds. The first-order chi connectivity index (χ1) is 22.7. The minimum Gasteiger partial charge on any atom is -0.710 e. The van der Waals surface area contributed by atoms with Crippen molar-refractivity contribution >= 4 is 22.1 Å². The van der Waals surface area contributed by atoms with Crippen molar-refractivity contribution in [3.05, 3.63) is 181 Å². The van der Waals surface area contributed by atoms with E-state index in [1.807, 2.05) is 140 Å². The van der Waals surface area contributed by atoms with Crippen LogP contribution in [0.25, 0.3) is 66.8 Å². The van der Waals surface area contributed by atoms with Gasteiger partial charge in [-0.15, -0.1) is 0 Å². The average molecular weight is 597 g/mol. The molecule has 0 aliphatic carbocycles. The summed E-state index contributed by atoms with van der Waals surface area (Å²) in [7, 11) is 0. The van der Waals surface area contributed by atoms with Gasteiger partial charge in [0.15, 0.2) is 5.69 Å². The summed E-state index contributed by atoms with van der Waals surface area (Å²) >= 11 is 0. The molecule has 6 nitrogen and oxygen atoms in total. The molecule has 8 rings (SSSR count). The normalized spacial score (nSPS) is 10.8. The summed E-state index contributed by atoms with van der Waals surface area (Å²) in [5.41, 5.74) is 8.23. The zero-order valence-corrected chi connectivity index (χ0v) is 24.8. The number of pyridine rings is 4. The molecule has 4 aromatic carbocycles. The third-order valence-corrected chi connectivity index (χ3v) is 7.77. The van der Waals surface area contributed by atoms with Crippen LogP contribution in [0.1, 0.15) is 0 Å². The Bertz CT molecular complexity index is 2250. The fourth-order valence-electron chi connectivity index (χ4n) is 5.61. The Morgan fingerprint density at radius 3 is 1.59 bits per heavy atom. The Kier molecular flexibility index (Phi) is 7.82. The quantitative estimate of drug-likeness (QED) is 0.151. The molecule has 0 atom stereocenters. The van der Waals surface area contributed by atoms with Gasteiger partial charge in [0, 0.05) is 22.3 Å². The van der Waals surface area contributed by atoms with Gasteiger partial charge in [0.05, 0.1) is 17.0 Å². The van der Waals surface area contributed by atoms with E-state index in [1.165, 1.54) is 6.20 Å². The van der Waals surface area contributed by atoms with Crippen molar-refractivity contribution in [3.8, 4) is 44.8 Å². The van der Waals surface area contributed by atoms with Crippen LogP contribution in [0.2, 0.25) is 0 Å². The van der Waals surface area contributed by atoms with E-state index >= 15 is 0 Å². The molecule has 220 valence electrons. The molecule has 0 saturated heterocycles. The lowest BCUT2D eigenvalue weighted by molar-refractivity contribution is -0.579. The largest absolute Gasteiger partial charge is 0.710 e. The highest BCUT2D eigenvalue weighted by Gasteiger charge is 2.19. The molecule has 0 bridgehead atoms. The third kappa shape index (κ3) is 5.63. The summed E-state index contributed by atoms with van der Waals surface area (Å²) < 4.78 is 1.75. The van der Waals surface area contributed by atoms with Crippen LogP contribution in [0.4, 0.5) is 0 Å². The summed E-state index contributed by atoms with van der Waals surface area (Å²) in [4.78, 5) is 8.92. The highest BCUT2D eigenvalue weighted by atomic mass is 16.5. The molecule has 0 spiro atoms. The molecule has 4 heterocycles. The number of fused-ring (bicyclic) bond motifs is 2. The maximum atomic E-state index is 13.0. The van der Waals surface area contributed by atoms with Gasteiger partial charge in [-0.25, -0.2) is 9.46 Å². The van der Waals surface area contributed by atoms with Gasteiger partial charge in [-0.2, -0.15) is 0 Å². The molecule has 0 N–H and O–H groups in total. The monoisotopic (exact) mass is 596 g/mol. The van der Waals surface area contributed by atoms with Crippen LogP contribution < -0.4 is 9.46 Å². The number of rotatable bonds is 4. The predicted octanol–water partition coefficient (Wildman–Crippen LogP) is 8.40. The van der Waals surface area contributed by atoms with Crippen molar-refractivity contribution in [1.82, 2.24) is 9.97 Å². The van der Waals surface area contributed by atoms with Crippen molar-refractivity contribution in [2.24, 2.45) is 0 Å². The van der Waals surface area contributed by atoms with E-state index in [0.29, 0.717) is 17.0 Å². The summed E-state index contributed by atoms with van der Waals surface area (Å²) in [5.74, 6) is 0. The number of hydrogen-bond donors (Lipinski definition) is 0. The van der Waals surface area contributed by atoms with E-state index in [2.05, 4.69) is 22.1 Å². The van der Waals surface area contributed by atoms with Gasteiger partial charge < -0.3 is 10.4 Å². The lowest BCUT2D eigenvalue weighted by Crippen LogP contribution is -2.31. The van der Waals surface area contributed by atoms with Crippen molar-refractivity contribution < 1.29 is 9.46 Å². The van der Waals surface area contributed by atoms with Crippen LogP contribution in [-0.2, 0) is 0 Å². The van der Waals surface area contributed by atoms with Gasteiger partial charge >= 0.3 is 11.3 Å². The van der Waals surface area contributed by atoms with Crippen molar-refractivity contribution in [2.45, 2.75) is 0 Å². The second kappa shape index (κ2) is 12.7. The summed E-state index contributed by atoms with van der Waals surface area (Å²) in [6, 6.07) is 51.3. The number of hydrogen-bond acceptors (Lipinski definition) is 4. The van der Waals surface area contributed by atoms with Crippen LogP contribution in [0, 0.1) is 10.4 Å². The van der Waals surface area contributed by atoms with Gasteiger partial charge in [-0.1, -0.05) is 121 Å². The fourth-order valence-corrected chi connectivity index (χ4v) is 5.61. The van der Waals surface area contributed by atoms with Gasteiger partial charge in [0.2, 0.25) is 0 Å². The first-order valence-electron chi connectivity index (χ1n) is 14.9. The van der Waals surface area contributed by atoms with E-state index in [9.17, 15) is 10.4 Å². The number of aromatic nitrogens is 4. The second-order valence-corrected chi connectivity index (χ2v) is 10.7. The molecule has 0 fully saturated rings. The Morgan fingerprint density at radius 1 is 0.457 bits per heavy atom. The van der Waals surface area contributed by atoms with Gasteiger partial charge in [-0.05, 0) is 57.5 Å². The van der Waals surface area contributed by atoms with Crippen LogP contribution >= 0.6 is 0 Å². The molecule has 0 unspecified atom stereocenters. The van der Waals surface area contributed by atoms with Crippen molar-refractivity contribution in [3.63, 3.8) is 0 Å². The van der Waals surface area contributed by atoms with E-state index in [4.69, 9.17) is 0 Å². The predicted molar refractivity (Wildman–Crippen MR) is 183 cm³/mol. The lowest BCUT2D eigenvalue weighted by atomic mass is 9.98. The molecule has 6 heteroatoms. The molecule has 8 aromatic rings.